The van der Waals surface area contributed by atoms with Gasteiger partial charge in [-0.1, -0.05) is 0 Å². The molecule has 0 N–H and O–H groups in total. The number of hydrogen-bond acceptors (Lipinski definition) is 4. The molecule has 0 saturated carbocycles. The average molecular weight is 329 g/mol. The molecule has 0 radical (unpaired) electrons. The number of nitrogens with zero attached hydrogens (tertiary/aromatic N) is 5. The van der Waals surface area contributed by atoms with E-state index in [9.17, 15) is 4.79 Å². The molecule has 2 fully saturated rings. The number of aromatic nitrogens is 3. The third kappa shape index (κ3) is 2.53. The fraction of sp³-hybridized carbons (Fsp3) is 0.529. The van der Waals surface area contributed by atoms with E-state index in [1.54, 1.807) is 10.9 Å². The normalized spacial score (nSPS) is 24.8. The van der Waals surface area contributed by atoms with Crippen molar-refractivity contribution in [3.8, 4) is 5.82 Å². The SMILES string of the molecule is CN1CCO[C@H]2CCN(C(=O)c3cnn(C)c3-n3cccc3)C[C@@H]21. The minimum Gasteiger partial charge on any atom is -0.375 e. The zero-order valence-corrected chi connectivity index (χ0v) is 14.1. The van der Waals surface area contributed by atoms with Gasteiger partial charge in [0.2, 0.25) is 0 Å². The molecule has 0 aliphatic carbocycles. The Balaban J connectivity index is 1.59. The van der Waals surface area contributed by atoms with Crippen molar-refractivity contribution in [1.29, 1.82) is 0 Å². The van der Waals surface area contributed by atoms with Gasteiger partial charge in [0.25, 0.3) is 5.91 Å². The lowest BCUT2D eigenvalue weighted by atomic mass is 9.98. The highest BCUT2D eigenvalue weighted by Crippen LogP contribution is 2.24. The second-order valence-corrected chi connectivity index (χ2v) is 6.59. The molecule has 7 nitrogen and oxygen atoms in total. The van der Waals surface area contributed by atoms with Crippen molar-refractivity contribution in [2.45, 2.75) is 18.6 Å². The summed E-state index contributed by atoms with van der Waals surface area (Å²) >= 11 is 0. The second kappa shape index (κ2) is 6.07. The number of aryl methyl sites for hydroxylation is 1. The van der Waals surface area contributed by atoms with Crippen LogP contribution in [-0.4, -0.2) is 75.5 Å². The van der Waals surface area contributed by atoms with Crippen LogP contribution in [0.25, 0.3) is 5.82 Å². The molecule has 1 amide bonds. The number of hydrogen-bond donors (Lipinski definition) is 0. The predicted octanol–water partition coefficient (Wildman–Crippen LogP) is 0.756. The van der Waals surface area contributed by atoms with Crippen LogP contribution in [0.5, 0.6) is 0 Å². The number of likely N-dealkylation sites (N-methyl/N-ethyl adjacent to an activating group) is 1. The van der Waals surface area contributed by atoms with Crippen molar-refractivity contribution in [3.63, 3.8) is 0 Å². The third-order valence-corrected chi connectivity index (χ3v) is 5.14. The summed E-state index contributed by atoms with van der Waals surface area (Å²) in [6, 6.07) is 4.17. The monoisotopic (exact) mass is 329 g/mol. The first-order valence-corrected chi connectivity index (χ1v) is 8.41. The molecule has 2 aliphatic rings. The fourth-order valence-corrected chi connectivity index (χ4v) is 3.76. The molecule has 2 atom stereocenters. The highest BCUT2D eigenvalue weighted by atomic mass is 16.5. The Labute approximate surface area is 141 Å². The summed E-state index contributed by atoms with van der Waals surface area (Å²) in [6.45, 7) is 3.14. The number of carbonyl (C=O) groups excluding carboxylic acids is 1. The highest BCUT2D eigenvalue weighted by molar-refractivity contribution is 5.97. The highest BCUT2D eigenvalue weighted by Gasteiger charge is 2.37. The molecule has 2 aromatic rings. The molecule has 0 spiro atoms. The summed E-state index contributed by atoms with van der Waals surface area (Å²) in [5, 5.41) is 4.30. The standard InChI is InChI=1S/C17H23N5O2/c1-19-9-10-24-15-5-8-22(12-14(15)19)17(23)13-11-18-20(2)16(13)21-6-3-4-7-21/h3-4,6-7,11,14-15H,5,8-10,12H2,1-2H3/t14-,15-/m0/s1. The topological polar surface area (TPSA) is 55.5 Å². The van der Waals surface area contributed by atoms with Crippen molar-refractivity contribution in [2.24, 2.45) is 7.05 Å². The van der Waals surface area contributed by atoms with Crippen molar-refractivity contribution in [3.05, 3.63) is 36.3 Å². The van der Waals surface area contributed by atoms with Crippen LogP contribution in [0.15, 0.2) is 30.7 Å². The van der Waals surface area contributed by atoms with Gasteiger partial charge in [0.05, 0.1) is 24.9 Å². The molecule has 0 aromatic carbocycles. The number of piperidine rings is 1. The number of rotatable bonds is 2. The maximum atomic E-state index is 13.1. The van der Waals surface area contributed by atoms with E-state index >= 15 is 0 Å². The molecule has 0 unspecified atom stereocenters. The Morgan fingerprint density at radius 2 is 2.04 bits per heavy atom. The van der Waals surface area contributed by atoms with Gasteiger partial charge in [-0.05, 0) is 25.6 Å². The van der Waals surface area contributed by atoms with E-state index in [1.165, 1.54) is 0 Å². The van der Waals surface area contributed by atoms with E-state index in [2.05, 4.69) is 17.0 Å². The zero-order valence-electron chi connectivity index (χ0n) is 14.1. The van der Waals surface area contributed by atoms with E-state index in [1.807, 2.05) is 41.0 Å². The average Bonchev–Trinajstić information content (AvgIpc) is 3.23. The van der Waals surface area contributed by atoms with Gasteiger partial charge in [0, 0.05) is 39.1 Å². The number of morpholine rings is 1. The predicted molar refractivity (Wildman–Crippen MR) is 89.2 cm³/mol. The molecule has 2 aromatic heterocycles. The van der Waals surface area contributed by atoms with Crippen molar-refractivity contribution in [2.75, 3.05) is 33.3 Å². The largest absolute Gasteiger partial charge is 0.375 e. The Kier molecular flexibility index (Phi) is 3.90. The second-order valence-electron chi connectivity index (χ2n) is 6.59. The quantitative estimate of drug-likeness (QED) is 0.816. The van der Waals surface area contributed by atoms with Gasteiger partial charge in [-0.25, -0.2) is 0 Å². The first kappa shape index (κ1) is 15.4. The summed E-state index contributed by atoms with van der Waals surface area (Å²) < 4.78 is 9.55. The van der Waals surface area contributed by atoms with Gasteiger partial charge in [0.15, 0.2) is 0 Å². The zero-order chi connectivity index (χ0) is 16.7. The van der Waals surface area contributed by atoms with E-state index in [0.717, 1.165) is 31.9 Å². The van der Waals surface area contributed by atoms with Gasteiger partial charge in [-0.3, -0.25) is 14.4 Å². The summed E-state index contributed by atoms with van der Waals surface area (Å²) in [5.74, 6) is 0.851. The molecular weight excluding hydrogens is 306 g/mol. The molecule has 2 aliphatic heterocycles. The number of fused-ring (bicyclic) bond motifs is 1. The Bertz CT molecular complexity index is 723. The molecule has 0 bridgehead atoms. The van der Waals surface area contributed by atoms with E-state index < -0.39 is 0 Å². The smallest absolute Gasteiger partial charge is 0.259 e. The molecule has 7 heteroatoms. The number of likely N-dealkylation sites (tertiary alicyclic amines) is 1. The lowest BCUT2D eigenvalue weighted by molar-refractivity contribution is -0.0893. The van der Waals surface area contributed by atoms with Crippen LogP contribution < -0.4 is 0 Å². The van der Waals surface area contributed by atoms with Crippen LogP contribution in [-0.2, 0) is 11.8 Å². The van der Waals surface area contributed by atoms with Gasteiger partial charge in [-0.15, -0.1) is 0 Å². The Morgan fingerprint density at radius 3 is 2.83 bits per heavy atom. The Hall–Kier alpha value is -2.12. The van der Waals surface area contributed by atoms with Gasteiger partial charge in [0.1, 0.15) is 11.4 Å². The Morgan fingerprint density at radius 1 is 1.25 bits per heavy atom. The summed E-state index contributed by atoms with van der Waals surface area (Å²) in [4.78, 5) is 17.4. The lowest BCUT2D eigenvalue weighted by Crippen LogP contribution is -2.59. The molecular formula is C17H23N5O2. The van der Waals surface area contributed by atoms with Gasteiger partial charge >= 0.3 is 0 Å². The minimum atomic E-state index is 0.0456. The van der Waals surface area contributed by atoms with Gasteiger partial charge < -0.3 is 14.2 Å². The molecule has 4 heterocycles. The van der Waals surface area contributed by atoms with E-state index in [-0.39, 0.29) is 18.1 Å². The lowest BCUT2D eigenvalue weighted by Gasteiger charge is -2.45. The van der Waals surface area contributed by atoms with Crippen molar-refractivity contribution in [1.82, 2.24) is 24.1 Å². The number of ether oxygens (including phenoxy) is 1. The van der Waals surface area contributed by atoms with Crippen molar-refractivity contribution >= 4 is 5.91 Å². The molecule has 4 rings (SSSR count). The fourth-order valence-electron chi connectivity index (χ4n) is 3.76. The number of carbonyl (C=O) groups is 1. The molecule has 2 saturated heterocycles. The number of amides is 1. The van der Waals surface area contributed by atoms with Crippen LogP contribution in [0, 0.1) is 0 Å². The van der Waals surface area contributed by atoms with E-state index in [0.29, 0.717) is 12.1 Å². The van der Waals surface area contributed by atoms with Crippen LogP contribution in [0.1, 0.15) is 16.8 Å². The maximum absolute atomic E-state index is 13.1. The van der Waals surface area contributed by atoms with Crippen LogP contribution in [0.2, 0.25) is 0 Å². The summed E-state index contributed by atoms with van der Waals surface area (Å²) in [5.41, 5.74) is 0.645. The minimum absolute atomic E-state index is 0.0456. The summed E-state index contributed by atoms with van der Waals surface area (Å²) in [7, 11) is 3.98. The van der Waals surface area contributed by atoms with Crippen LogP contribution in [0.4, 0.5) is 0 Å². The van der Waals surface area contributed by atoms with E-state index in [4.69, 9.17) is 4.74 Å². The molecule has 24 heavy (non-hydrogen) atoms. The van der Waals surface area contributed by atoms with Gasteiger partial charge in [-0.2, -0.15) is 5.10 Å². The van der Waals surface area contributed by atoms with Crippen LogP contribution in [0.3, 0.4) is 0 Å². The maximum Gasteiger partial charge on any atom is 0.259 e. The van der Waals surface area contributed by atoms with Crippen LogP contribution >= 0.6 is 0 Å². The first-order valence-electron chi connectivity index (χ1n) is 8.41. The first-order chi connectivity index (χ1) is 11.6. The third-order valence-electron chi connectivity index (χ3n) is 5.14. The molecule has 128 valence electrons. The summed E-state index contributed by atoms with van der Waals surface area (Å²) in [6.07, 6.45) is 6.67. The van der Waals surface area contributed by atoms with Crippen molar-refractivity contribution < 1.29 is 9.53 Å².